The number of anilines is 1. The molecule has 0 spiro atoms. The van der Waals surface area contributed by atoms with Gasteiger partial charge in [-0.1, -0.05) is 0 Å². The molecule has 0 unspecified atom stereocenters. The van der Waals surface area contributed by atoms with Crippen LogP contribution < -0.4 is 5.73 Å². The van der Waals surface area contributed by atoms with Crippen LogP contribution in [0.15, 0.2) is 17.0 Å². The third-order valence-corrected chi connectivity index (χ3v) is 3.04. The lowest BCUT2D eigenvalue weighted by molar-refractivity contribution is -0.137. The summed E-state index contributed by atoms with van der Waals surface area (Å²) in [6.45, 7) is 1.97. The predicted octanol–water partition coefficient (Wildman–Crippen LogP) is 1.98. The van der Waals surface area contributed by atoms with E-state index in [9.17, 15) is 15.0 Å². The van der Waals surface area contributed by atoms with Crippen LogP contribution in [-0.2, 0) is 9.53 Å². The number of ether oxygens (including phenoxy) is 1. The van der Waals surface area contributed by atoms with E-state index in [1.165, 1.54) is 30.0 Å². The summed E-state index contributed by atoms with van der Waals surface area (Å²) in [6, 6.07) is 1.27. The molecule has 0 aliphatic heterocycles. The Kier molecular flexibility index (Phi) is 4.91. The van der Waals surface area contributed by atoms with Crippen LogP contribution in [0.1, 0.15) is 12.5 Å². The Labute approximate surface area is 109 Å². The zero-order chi connectivity index (χ0) is 13.7. The highest BCUT2D eigenvalue weighted by Gasteiger charge is 2.13. The Bertz CT molecular complexity index is 485. The lowest BCUT2D eigenvalue weighted by atomic mass is 10.1. The highest BCUT2D eigenvalue weighted by molar-refractivity contribution is 7.98. The molecule has 0 aromatic heterocycles. The first-order chi connectivity index (χ1) is 8.51. The highest BCUT2D eigenvalue weighted by atomic mass is 32.2. The van der Waals surface area contributed by atoms with Crippen LogP contribution in [0.4, 0.5) is 5.69 Å². The quantitative estimate of drug-likeness (QED) is 0.193. The zero-order valence-corrected chi connectivity index (χ0v) is 11.0. The first kappa shape index (κ1) is 14.2. The summed E-state index contributed by atoms with van der Waals surface area (Å²) in [6.07, 6.45) is 4.33. The molecule has 6 heteroatoms. The number of aromatic hydroxyl groups is 2. The average Bonchev–Trinajstić information content (AvgIpc) is 2.32. The molecule has 0 saturated heterocycles. The number of hydrogen-bond acceptors (Lipinski definition) is 6. The molecular weight excluding hydrogens is 254 g/mol. The van der Waals surface area contributed by atoms with Gasteiger partial charge in [0.2, 0.25) is 0 Å². The van der Waals surface area contributed by atoms with Crippen LogP contribution >= 0.6 is 11.8 Å². The predicted molar refractivity (Wildman–Crippen MR) is 71.6 cm³/mol. The van der Waals surface area contributed by atoms with Gasteiger partial charge >= 0.3 is 5.97 Å². The van der Waals surface area contributed by atoms with Crippen LogP contribution in [0, 0.1) is 0 Å². The minimum Gasteiger partial charge on any atom is -0.504 e. The van der Waals surface area contributed by atoms with Crippen molar-refractivity contribution < 1.29 is 19.7 Å². The van der Waals surface area contributed by atoms with Crippen molar-refractivity contribution in [2.24, 2.45) is 0 Å². The number of carbonyl (C=O) groups is 1. The summed E-state index contributed by atoms with van der Waals surface area (Å²) < 4.78 is 4.73. The number of nitrogen functional groups attached to an aromatic ring is 1. The summed E-state index contributed by atoms with van der Waals surface area (Å²) in [5, 5.41) is 19.2. The number of rotatable bonds is 4. The van der Waals surface area contributed by atoms with Crippen molar-refractivity contribution in [3.63, 3.8) is 0 Å². The molecule has 5 nitrogen and oxygen atoms in total. The Balaban J connectivity index is 3.18. The van der Waals surface area contributed by atoms with Gasteiger partial charge in [0.1, 0.15) is 0 Å². The normalized spacial score (nSPS) is 10.8. The molecule has 1 rings (SSSR count). The van der Waals surface area contributed by atoms with Crippen molar-refractivity contribution in [3.8, 4) is 11.5 Å². The van der Waals surface area contributed by atoms with Gasteiger partial charge in [-0.15, -0.1) is 11.8 Å². The minimum atomic E-state index is -0.522. The largest absolute Gasteiger partial charge is 0.504 e. The smallest absolute Gasteiger partial charge is 0.330 e. The minimum absolute atomic E-state index is 0.271. The van der Waals surface area contributed by atoms with Crippen molar-refractivity contribution in [1.82, 2.24) is 0 Å². The third-order valence-electron chi connectivity index (χ3n) is 2.17. The van der Waals surface area contributed by atoms with Crippen LogP contribution in [0.3, 0.4) is 0 Å². The lowest BCUT2D eigenvalue weighted by Crippen LogP contribution is -1.99. The van der Waals surface area contributed by atoms with Gasteiger partial charge in [-0.2, -0.15) is 0 Å². The van der Waals surface area contributed by atoms with Gasteiger partial charge in [-0.05, 0) is 19.3 Å². The molecule has 1 aromatic rings. The molecular formula is C12H15NO4S. The maximum Gasteiger partial charge on any atom is 0.330 e. The van der Waals surface area contributed by atoms with Crippen LogP contribution in [0.5, 0.6) is 11.5 Å². The van der Waals surface area contributed by atoms with E-state index >= 15 is 0 Å². The van der Waals surface area contributed by atoms with E-state index in [4.69, 9.17) is 10.5 Å². The molecule has 1 aromatic carbocycles. The Hall–Kier alpha value is -1.82. The van der Waals surface area contributed by atoms with Crippen molar-refractivity contribution in [1.29, 1.82) is 0 Å². The van der Waals surface area contributed by atoms with Crippen molar-refractivity contribution in [3.05, 3.63) is 17.7 Å². The first-order valence-corrected chi connectivity index (χ1v) is 6.47. The first-order valence-electron chi connectivity index (χ1n) is 5.24. The molecule has 4 N–H and O–H groups in total. The fourth-order valence-corrected chi connectivity index (χ4v) is 2.09. The summed E-state index contributed by atoms with van der Waals surface area (Å²) in [5.74, 6) is -1.16. The van der Waals surface area contributed by atoms with Gasteiger partial charge < -0.3 is 20.7 Å². The van der Waals surface area contributed by atoms with Gasteiger partial charge in [-0.25, -0.2) is 4.79 Å². The molecule has 98 valence electrons. The monoisotopic (exact) mass is 269 g/mol. The number of benzene rings is 1. The van der Waals surface area contributed by atoms with E-state index in [0.717, 1.165) is 0 Å². The van der Waals surface area contributed by atoms with Crippen LogP contribution in [0.2, 0.25) is 0 Å². The topological polar surface area (TPSA) is 92.8 Å². The average molecular weight is 269 g/mol. The summed E-state index contributed by atoms with van der Waals surface area (Å²) >= 11 is 1.31. The Morgan fingerprint density at radius 3 is 2.78 bits per heavy atom. The van der Waals surface area contributed by atoms with Crippen molar-refractivity contribution in [2.75, 3.05) is 18.6 Å². The molecule has 0 saturated carbocycles. The van der Waals surface area contributed by atoms with E-state index in [1.54, 1.807) is 13.2 Å². The Morgan fingerprint density at radius 2 is 2.22 bits per heavy atom. The number of thioether (sulfide) groups is 1. The van der Waals surface area contributed by atoms with Crippen LogP contribution in [-0.4, -0.2) is 29.0 Å². The summed E-state index contributed by atoms with van der Waals surface area (Å²) in [4.78, 5) is 11.8. The van der Waals surface area contributed by atoms with E-state index in [-0.39, 0.29) is 18.1 Å². The van der Waals surface area contributed by atoms with E-state index in [0.29, 0.717) is 16.1 Å². The fraction of sp³-hybridized carbons (Fsp3) is 0.250. The number of hydrogen-bond donors (Lipinski definition) is 3. The second-order valence-electron chi connectivity index (χ2n) is 3.37. The number of carbonyl (C=O) groups excluding carboxylic acids is 1. The second kappa shape index (κ2) is 6.20. The number of nitrogens with two attached hydrogens (primary N) is 1. The van der Waals surface area contributed by atoms with Gasteiger partial charge in [-0.3, -0.25) is 0 Å². The van der Waals surface area contributed by atoms with Crippen molar-refractivity contribution >= 4 is 29.5 Å². The molecule has 0 aliphatic rings. The SMILES string of the molecule is CCOC(=O)/C=C/c1c(O)c(O)cc(N)c1SC. The standard InChI is InChI=1S/C12H15NO4S/c1-3-17-10(15)5-4-7-11(16)9(14)6-8(13)12(7)18-2/h4-6,14,16H,3,13H2,1-2H3/b5-4+. The van der Waals surface area contributed by atoms with E-state index < -0.39 is 5.97 Å². The van der Waals surface area contributed by atoms with Gasteiger partial charge in [0, 0.05) is 28.3 Å². The summed E-state index contributed by atoms with van der Waals surface area (Å²) in [7, 11) is 0. The van der Waals surface area contributed by atoms with Gasteiger partial charge in [0.25, 0.3) is 0 Å². The number of phenolic OH excluding ortho intramolecular Hbond substituents is 2. The molecule has 0 heterocycles. The number of phenols is 2. The van der Waals surface area contributed by atoms with Crippen LogP contribution in [0.25, 0.3) is 6.08 Å². The molecule has 0 amide bonds. The number of esters is 1. The molecule has 0 aliphatic carbocycles. The Morgan fingerprint density at radius 1 is 1.56 bits per heavy atom. The molecule has 0 radical (unpaired) electrons. The fourth-order valence-electron chi connectivity index (χ4n) is 1.41. The third kappa shape index (κ3) is 3.10. The maximum atomic E-state index is 11.2. The van der Waals surface area contributed by atoms with E-state index in [1.807, 2.05) is 0 Å². The maximum absolute atomic E-state index is 11.2. The molecule has 18 heavy (non-hydrogen) atoms. The van der Waals surface area contributed by atoms with Gasteiger partial charge in [0.05, 0.1) is 6.61 Å². The molecule has 0 fully saturated rings. The highest BCUT2D eigenvalue weighted by Crippen LogP contribution is 2.40. The van der Waals surface area contributed by atoms with E-state index in [2.05, 4.69) is 0 Å². The second-order valence-corrected chi connectivity index (χ2v) is 4.18. The lowest BCUT2D eigenvalue weighted by Gasteiger charge is -2.10. The van der Waals surface area contributed by atoms with Crippen molar-refractivity contribution in [2.45, 2.75) is 11.8 Å². The molecule has 0 bridgehead atoms. The van der Waals surface area contributed by atoms with Gasteiger partial charge in [0.15, 0.2) is 11.5 Å². The zero-order valence-electron chi connectivity index (χ0n) is 10.1. The molecule has 0 atom stereocenters. The summed E-state index contributed by atoms with van der Waals surface area (Å²) in [5.41, 5.74) is 6.36.